The summed E-state index contributed by atoms with van der Waals surface area (Å²) in [6.07, 6.45) is 6.43. The van der Waals surface area contributed by atoms with Gasteiger partial charge in [-0.1, -0.05) is 19.1 Å². The number of nitrogens with zero attached hydrogens (tertiary/aromatic N) is 2. The van der Waals surface area contributed by atoms with Crippen molar-refractivity contribution in [2.75, 3.05) is 18.0 Å². The second-order valence-corrected chi connectivity index (χ2v) is 7.44. The highest BCUT2D eigenvalue weighted by molar-refractivity contribution is 8.18. The number of hydrogen-bond acceptors (Lipinski definition) is 4. The Morgan fingerprint density at radius 3 is 2.42 bits per heavy atom. The van der Waals surface area contributed by atoms with Gasteiger partial charge in [0, 0.05) is 24.8 Å². The van der Waals surface area contributed by atoms with E-state index in [2.05, 4.69) is 17.0 Å². The van der Waals surface area contributed by atoms with Crippen molar-refractivity contribution in [2.45, 2.75) is 45.6 Å². The summed E-state index contributed by atoms with van der Waals surface area (Å²) in [5, 5.41) is -0.162. The van der Waals surface area contributed by atoms with Crippen LogP contribution in [0.1, 0.15) is 45.1 Å². The van der Waals surface area contributed by atoms with Crippen LogP contribution in [0.15, 0.2) is 29.2 Å². The van der Waals surface area contributed by atoms with E-state index < -0.39 is 0 Å². The third kappa shape index (κ3) is 3.51. The molecule has 5 heteroatoms. The summed E-state index contributed by atoms with van der Waals surface area (Å²) in [5.74, 6) is -0.167. The summed E-state index contributed by atoms with van der Waals surface area (Å²) in [4.78, 5) is 28.8. The van der Waals surface area contributed by atoms with Gasteiger partial charge in [-0.05, 0) is 68.1 Å². The fraction of sp³-hybridized carbons (Fsp3) is 0.474. The van der Waals surface area contributed by atoms with Gasteiger partial charge in [-0.15, -0.1) is 0 Å². The second kappa shape index (κ2) is 7.43. The van der Waals surface area contributed by atoms with Crippen LogP contribution in [-0.2, 0) is 4.79 Å². The van der Waals surface area contributed by atoms with E-state index >= 15 is 0 Å². The molecule has 1 aromatic carbocycles. The molecule has 2 aliphatic rings. The van der Waals surface area contributed by atoms with Crippen LogP contribution in [0.5, 0.6) is 0 Å². The van der Waals surface area contributed by atoms with Crippen molar-refractivity contribution in [3.8, 4) is 0 Å². The zero-order valence-electron chi connectivity index (χ0n) is 14.3. The Morgan fingerprint density at radius 1 is 1.12 bits per heavy atom. The lowest BCUT2D eigenvalue weighted by molar-refractivity contribution is -0.124. The summed E-state index contributed by atoms with van der Waals surface area (Å²) in [7, 11) is 0. The molecule has 2 amide bonds. The van der Waals surface area contributed by atoms with E-state index in [1.165, 1.54) is 29.8 Å². The average Bonchev–Trinajstić information content (AvgIpc) is 2.89. The first-order valence-corrected chi connectivity index (χ1v) is 9.54. The molecule has 0 spiro atoms. The maximum atomic E-state index is 12.4. The normalized spacial score (nSPS) is 21.7. The van der Waals surface area contributed by atoms with E-state index in [0.29, 0.717) is 4.91 Å². The maximum Gasteiger partial charge on any atom is 0.293 e. The molecule has 1 atom stereocenters. The monoisotopic (exact) mass is 344 g/mol. The average molecular weight is 344 g/mol. The third-order valence-corrected chi connectivity index (χ3v) is 5.65. The lowest BCUT2D eigenvalue weighted by Gasteiger charge is -2.28. The van der Waals surface area contributed by atoms with Crippen molar-refractivity contribution in [1.29, 1.82) is 0 Å². The Hall–Kier alpha value is -1.75. The van der Waals surface area contributed by atoms with Gasteiger partial charge < -0.3 is 4.90 Å². The Bertz CT molecular complexity index is 648. The lowest BCUT2D eigenvalue weighted by atomic mass is 10.1. The van der Waals surface area contributed by atoms with E-state index in [0.717, 1.165) is 36.8 Å². The topological polar surface area (TPSA) is 40.6 Å². The number of carbonyl (C=O) groups excluding carboxylic acids is 2. The molecule has 2 aliphatic heterocycles. The molecule has 0 radical (unpaired) electrons. The summed E-state index contributed by atoms with van der Waals surface area (Å²) < 4.78 is 0. The van der Waals surface area contributed by atoms with Gasteiger partial charge in [0.15, 0.2) is 0 Å². The van der Waals surface area contributed by atoms with Gasteiger partial charge in [0.25, 0.3) is 11.1 Å². The SMILES string of the molecule is CCC(C)N1C(=O)S/C(=C/c2ccc(N3CCCCC3)cc2)C1=O. The first-order chi connectivity index (χ1) is 11.6. The van der Waals surface area contributed by atoms with E-state index in [4.69, 9.17) is 0 Å². The van der Waals surface area contributed by atoms with Gasteiger partial charge in [-0.2, -0.15) is 0 Å². The molecule has 0 N–H and O–H groups in total. The van der Waals surface area contributed by atoms with Gasteiger partial charge >= 0.3 is 0 Å². The molecular weight excluding hydrogens is 320 g/mol. The van der Waals surface area contributed by atoms with Gasteiger partial charge in [-0.25, -0.2) is 0 Å². The van der Waals surface area contributed by atoms with Crippen LogP contribution in [0.2, 0.25) is 0 Å². The fourth-order valence-electron chi connectivity index (χ4n) is 3.13. The van der Waals surface area contributed by atoms with Crippen molar-refractivity contribution >= 4 is 34.7 Å². The van der Waals surface area contributed by atoms with E-state index in [1.54, 1.807) is 0 Å². The minimum Gasteiger partial charge on any atom is -0.372 e. The number of hydrogen-bond donors (Lipinski definition) is 0. The first kappa shape index (κ1) is 17.1. The number of thioether (sulfide) groups is 1. The highest BCUT2D eigenvalue weighted by atomic mass is 32.2. The predicted molar refractivity (Wildman–Crippen MR) is 100 cm³/mol. The molecule has 0 bridgehead atoms. The van der Waals surface area contributed by atoms with Crippen LogP contribution in [0.3, 0.4) is 0 Å². The van der Waals surface area contributed by atoms with Crippen LogP contribution >= 0.6 is 11.8 Å². The molecule has 2 heterocycles. The zero-order chi connectivity index (χ0) is 17.1. The molecular formula is C19H24N2O2S. The highest BCUT2D eigenvalue weighted by Gasteiger charge is 2.37. The van der Waals surface area contributed by atoms with Crippen molar-refractivity contribution in [3.05, 3.63) is 34.7 Å². The number of rotatable bonds is 4. The quantitative estimate of drug-likeness (QED) is 0.754. The molecule has 0 aliphatic carbocycles. The van der Waals surface area contributed by atoms with E-state index in [-0.39, 0.29) is 17.2 Å². The minimum absolute atomic E-state index is 0.0510. The number of imide groups is 1. The molecule has 3 rings (SSSR count). The molecule has 1 unspecified atom stereocenters. The van der Waals surface area contributed by atoms with Crippen LogP contribution in [0.25, 0.3) is 6.08 Å². The van der Waals surface area contributed by atoms with Gasteiger partial charge in [0.2, 0.25) is 0 Å². The molecule has 128 valence electrons. The summed E-state index contributed by atoms with van der Waals surface area (Å²) in [5.41, 5.74) is 2.20. The van der Waals surface area contributed by atoms with Gasteiger partial charge in [0.05, 0.1) is 4.91 Å². The Kier molecular flexibility index (Phi) is 5.29. The molecule has 4 nitrogen and oxygen atoms in total. The van der Waals surface area contributed by atoms with Crippen LogP contribution in [-0.4, -0.2) is 35.2 Å². The summed E-state index contributed by atoms with van der Waals surface area (Å²) in [6.45, 7) is 6.13. The Morgan fingerprint density at radius 2 is 1.79 bits per heavy atom. The second-order valence-electron chi connectivity index (χ2n) is 6.45. The van der Waals surface area contributed by atoms with Crippen LogP contribution in [0.4, 0.5) is 10.5 Å². The molecule has 2 fully saturated rings. The molecule has 2 saturated heterocycles. The Balaban J connectivity index is 1.74. The Labute approximate surface area is 147 Å². The third-order valence-electron chi connectivity index (χ3n) is 4.77. The fourth-order valence-corrected chi connectivity index (χ4v) is 4.06. The van der Waals surface area contributed by atoms with Crippen molar-refractivity contribution in [1.82, 2.24) is 4.90 Å². The standard InChI is InChI=1S/C19H24N2O2S/c1-3-14(2)21-18(22)17(24-19(21)23)13-15-7-9-16(10-8-15)20-11-5-4-6-12-20/h7-10,13-14H,3-6,11-12H2,1-2H3/b17-13+. The number of anilines is 1. The number of piperidine rings is 1. The van der Waals surface area contributed by atoms with Crippen molar-refractivity contribution in [3.63, 3.8) is 0 Å². The van der Waals surface area contributed by atoms with Crippen molar-refractivity contribution in [2.24, 2.45) is 0 Å². The first-order valence-electron chi connectivity index (χ1n) is 8.72. The molecule has 1 aromatic rings. The van der Waals surface area contributed by atoms with Crippen LogP contribution in [0, 0.1) is 0 Å². The zero-order valence-corrected chi connectivity index (χ0v) is 15.1. The largest absolute Gasteiger partial charge is 0.372 e. The van der Waals surface area contributed by atoms with Gasteiger partial charge in [0.1, 0.15) is 0 Å². The lowest BCUT2D eigenvalue weighted by Crippen LogP contribution is -2.36. The van der Waals surface area contributed by atoms with Crippen molar-refractivity contribution < 1.29 is 9.59 Å². The number of amides is 2. The molecule has 0 saturated carbocycles. The molecule has 0 aromatic heterocycles. The van der Waals surface area contributed by atoms with Crippen LogP contribution < -0.4 is 4.90 Å². The number of benzene rings is 1. The predicted octanol–water partition coefficient (Wildman–Crippen LogP) is 4.51. The smallest absolute Gasteiger partial charge is 0.293 e. The minimum atomic E-state index is -0.167. The maximum absolute atomic E-state index is 12.4. The summed E-state index contributed by atoms with van der Waals surface area (Å²) >= 11 is 1.04. The number of carbonyl (C=O) groups is 2. The molecule has 24 heavy (non-hydrogen) atoms. The van der Waals surface area contributed by atoms with E-state index in [1.807, 2.05) is 32.1 Å². The summed E-state index contributed by atoms with van der Waals surface area (Å²) in [6, 6.07) is 8.22. The highest BCUT2D eigenvalue weighted by Crippen LogP contribution is 2.34. The van der Waals surface area contributed by atoms with E-state index in [9.17, 15) is 9.59 Å². The van der Waals surface area contributed by atoms with Gasteiger partial charge in [-0.3, -0.25) is 14.5 Å².